The van der Waals surface area contributed by atoms with Crippen molar-refractivity contribution in [3.8, 4) is 0 Å². The molecule has 10 heteroatoms. The number of carboxylic acid groups (broad SMARTS) is 1. The second-order valence-corrected chi connectivity index (χ2v) is 7.10. The molecule has 2 aromatic carbocycles. The Bertz CT molecular complexity index is 922. The average molecular weight is 457 g/mol. The standard InChI is InChI=1S/C23H27N3O7/c27-14-19(28)26-20(17-10-5-2-6-11-17)21(29)25-18(22(30)31)12-7-13-24-23(32)33-15-16-8-3-1-4-9-16/h1-6,8-11,18,20,27H,7,12-15H2,(H,24,32)(H,25,29)(H,26,28)(H,30,31)/t18-,20+/m0/s1. The van der Waals surface area contributed by atoms with Crippen LogP contribution in [0, 0.1) is 0 Å². The van der Waals surface area contributed by atoms with E-state index < -0.39 is 42.6 Å². The molecule has 3 amide bonds. The predicted octanol–water partition coefficient (Wildman–Crippen LogP) is 1.11. The highest BCUT2D eigenvalue weighted by Crippen LogP contribution is 2.13. The molecule has 176 valence electrons. The monoisotopic (exact) mass is 457 g/mol. The van der Waals surface area contributed by atoms with Gasteiger partial charge >= 0.3 is 12.1 Å². The number of carboxylic acids is 1. The third-order valence-corrected chi connectivity index (χ3v) is 4.61. The first-order chi connectivity index (χ1) is 15.9. The van der Waals surface area contributed by atoms with Gasteiger partial charge in [0.05, 0.1) is 0 Å². The number of hydrogen-bond acceptors (Lipinski definition) is 6. The maximum absolute atomic E-state index is 12.7. The van der Waals surface area contributed by atoms with Crippen molar-refractivity contribution >= 4 is 23.9 Å². The number of aliphatic carboxylic acids is 1. The number of hydrogen-bond donors (Lipinski definition) is 5. The molecular formula is C23H27N3O7. The number of ether oxygens (including phenoxy) is 1. The summed E-state index contributed by atoms with van der Waals surface area (Å²) in [5, 5.41) is 25.8. The van der Waals surface area contributed by atoms with Gasteiger partial charge in [-0.1, -0.05) is 60.7 Å². The number of carbonyl (C=O) groups excluding carboxylic acids is 3. The summed E-state index contributed by atoms with van der Waals surface area (Å²) in [4.78, 5) is 47.7. The van der Waals surface area contributed by atoms with Gasteiger partial charge in [-0.25, -0.2) is 9.59 Å². The van der Waals surface area contributed by atoms with Gasteiger partial charge in [-0.05, 0) is 24.0 Å². The van der Waals surface area contributed by atoms with Gasteiger partial charge in [0.25, 0.3) is 0 Å². The van der Waals surface area contributed by atoms with Gasteiger partial charge in [0.1, 0.15) is 25.3 Å². The number of aliphatic hydroxyl groups excluding tert-OH is 1. The molecular weight excluding hydrogens is 430 g/mol. The molecule has 10 nitrogen and oxygen atoms in total. The van der Waals surface area contributed by atoms with Crippen LogP contribution in [0.15, 0.2) is 60.7 Å². The SMILES string of the molecule is O=C(CO)N[C@@H](C(=O)N[C@@H](CCCNC(=O)OCc1ccccc1)C(=O)O)c1ccccc1. The lowest BCUT2D eigenvalue weighted by Gasteiger charge is -2.21. The second kappa shape index (κ2) is 13.5. The molecule has 0 spiro atoms. The fourth-order valence-electron chi connectivity index (χ4n) is 2.94. The Morgan fingerprint density at radius 1 is 0.909 bits per heavy atom. The largest absolute Gasteiger partial charge is 0.480 e. The van der Waals surface area contributed by atoms with Crippen molar-refractivity contribution in [2.45, 2.75) is 31.5 Å². The third-order valence-electron chi connectivity index (χ3n) is 4.61. The minimum absolute atomic E-state index is 0.0372. The number of alkyl carbamates (subject to hydrolysis) is 1. The van der Waals surface area contributed by atoms with E-state index in [1.54, 1.807) is 30.3 Å². The predicted molar refractivity (Wildman–Crippen MR) is 118 cm³/mol. The molecule has 2 atom stereocenters. The van der Waals surface area contributed by atoms with Crippen LogP contribution in [0.1, 0.15) is 30.0 Å². The van der Waals surface area contributed by atoms with Crippen molar-refractivity contribution in [1.82, 2.24) is 16.0 Å². The van der Waals surface area contributed by atoms with E-state index in [1.165, 1.54) is 0 Å². The lowest BCUT2D eigenvalue weighted by atomic mass is 10.0. The molecule has 0 unspecified atom stereocenters. The maximum Gasteiger partial charge on any atom is 0.407 e. The number of rotatable bonds is 12. The van der Waals surface area contributed by atoms with E-state index in [-0.39, 0.29) is 26.0 Å². The van der Waals surface area contributed by atoms with Crippen LogP contribution in [0.25, 0.3) is 0 Å². The second-order valence-electron chi connectivity index (χ2n) is 7.10. The Morgan fingerprint density at radius 2 is 1.55 bits per heavy atom. The Morgan fingerprint density at radius 3 is 2.15 bits per heavy atom. The van der Waals surface area contributed by atoms with Gasteiger partial charge in [-0.15, -0.1) is 0 Å². The Hall–Kier alpha value is -3.92. The first-order valence-electron chi connectivity index (χ1n) is 10.3. The minimum Gasteiger partial charge on any atom is -0.480 e. The molecule has 0 bridgehead atoms. The van der Waals surface area contributed by atoms with Crippen LogP contribution >= 0.6 is 0 Å². The van der Waals surface area contributed by atoms with Crippen LogP contribution in [0.4, 0.5) is 4.79 Å². The summed E-state index contributed by atoms with van der Waals surface area (Å²) >= 11 is 0. The number of nitrogens with one attached hydrogen (secondary N) is 3. The normalized spacial score (nSPS) is 12.2. The van der Waals surface area contributed by atoms with Crippen LogP contribution in [-0.2, 0) is 25.7 Å². The summed E-state index contributed by atoms with van der Waals surface area (Å²) in [7, 11) is 0. The summed E-state index contributed by atoms with van der Waals surface area (Å²) in [5.74, 6) is -2.76. The highest BCUT2D eigenvalue weighted by Gasteiger charge is 2.27. The van der Waals surface area contributed by atoms with E-state index in [4.69, 9.17) is 9.84 Å². The Kier molecular flexibility index (Phi) is 10.4. The van der Waals surface area contributed by atoms with Crippen molar-refractivity contribution in [3.63, 3.8) is 0 Å². The maximum atomic E-state index is 12.7. The number of aliphatic hydroxyl groups is 1. The summed E-state index contributed by atoms with van der Waals surface area (Å²) in [5.41, 5.74) is 1.27. The summed E-state index contributed by atoms with van der Waals surface area (Å²) in [6.07, 6.45) is -0.336. The zero-order chi connectivity index (χ0) is 24.1. The zero-order valence-electron chi connectivity index (χ0n) is 17.9. The topological polar surface area (TPSA) is 154 Å². The summed E-state index contributed by atoms with van der Waals surface area (Å²) in [6, 6.07) is 15.0. The smallest absolute Gasteiger partial charge is 0.407 e. The molecule has 0 aliphatic rings. The van der Waals surface area contributed by atoms with E-state index in [2.05, 4.69) is 16.0 Å². The molecule has 0 saturated carbocycles. The van der Waals surface area contributed by atoms with E-state index >= 15 is 0 Å². The average Bonchev–Trinajstić information content (AvgIpc) is 2.83. The van der Waals surface area contributed by atoms with Crippen molar-refractivity contribution in [2.24, 2.45) is 0 Å². The van der Waals surface area contributed by atoms with Crippen LogP contribution in [0.2, 0.25) is 0 Å². The van der Waals surface area contributed by atoms with Gasteiger partial charge in [0.15, 0.2) is 0 Å². The molecule has 2 aromatic rings. The zero-order valence-corrected chi connectivity index (χ0v) is 17.9. The van der Waals surface area contributed by atoms with E-state index in [9.17, 15) is 24.3 Å². The van der Waals surface area contributed by atoms with E-state index in [0.29, 0.717) is 5.56 Å². The summed E-state index contributed by atoms with van der Waals surface area (Å²) < 4.78 is 5.08. The van der Waals surface area contributed by atoms with E-state index in [0.717, 1.165) is 5.56 Å². The fraction of sp³-hybridized carbons (Fsp3) is 0.304. The van der Waals surface area contributed by atoms with Crippen LogP contribution in [0.5, 0.6) is 0 Å². The molecule has 0 radical (unpaired) electrons. The molecule has 0 saturated heterocycles. The minimum atomic E-state index is -1.25. The number of amides is 3. The third kappa shape index (κ3) is 8.99. The molecule has 0 fully saturated rings. The molecule has 0 heterocycles. The molecule has 0 aliphatic heterocycles. The fourth-order valence-corrected chi connectivity index (χ4v) is 2.94. The van der Waals surface area contributed by atoms with Gasteiger partial charge in [-0.3, -0.25) is 9.59 Å². The molecule has 0 aliphatic carbocycles. The quantitative estimate of drug-likeness (QED) is 0.299. The van der Waals surface area contributed by atoms with E-state index in [1.807, 2.05) is 30.3 Å². The van der Waals surface area contributed by atoms with Gasteiger partial charge in [0, 0.05) is 6.54 Å². The molecule has 0 aromatic heterocycles. The lowest BCUT2D eigenvalue weighted by Crippen LogP contribution is -2.47. The Labute approximate surface area is 191 Å². The lowest BCUT2D eigenvalue weighted by molar-refractivity contribution is -0.142. The number of carbonyl (C=O) groups is 4. The first kappa shape index (κ1) is 25.3. The van der Waals surface area contributed by atoms with Gasteiger partial charge < -0.3 is 30.9 Å². The van der Waals surface area contributed by atoms with Crippen molar-refractivity contribution in [1.29, 1.82) is 0 Å². The molecule has 2 rings (SSSR count). The van der Waals surface area contributed by atoms with Crippen molar-refractivity contribution < 1.29 is 34.1 Å². The van der Waals surface area contributed by atoms with Crippen LogP contribution in [-0.4, -0.2) is 53.3 Å². The van der Waals surface area contributed by atoms with Crippen molar-refractivity contribution in [3.05, 3.63) is 71.8 Å². The summed E-state index contributed by atoms with van der Waals surface area (Å²) in [6.45, 7) is -0.553. The first-order valence-corrected chi connectivity index (χ1v) is 10.3. The van der Waals surface area contributed by atoms with Crippen molar-refractivity contribution in [2.75, 3.05) is 13.2 Å². The molecule has 5 N–H and O–H groups in total. The number of benzene rings is 2. The highest BCUT2D eigenvalue weighted by atomic mass is 16.5. The van der Waals surface area contributed by atoms with Crippen LogP contribution < -0.4 is 16.0 Å². The molecule has 33 heavy (non-hydrogen) atoms. The van der Waals surface area contributed by atoms with Gasteiger partial charge in [-0.2, -0.15) is 0 Å². The highest BCUT2D eigenvalue weighted by molar-refractivity contribution is 5.91. The van der Waals surface area contributed by atoms with Gasteiger partial charge in [0.2, 0.25) is 11.8 Å². The van der Waals surface area contributed by atoms with Crippen LogP contribution in [0.3, 0.4) is 0 Å². The Balaban J connectivity index is 1.84.